The van der Waals surface area contributed by atoms with E-state index in [2.05, 4.69) is 61.0 Å². The predicted octanol–water partition coefficient (Wildman–Crippen LogP) is 4.31. The van der Waals surface area contributed by atoms with Gasteiger partial charge in [-0.3, -0.25) is 19.3 Å². The zero-order valence-corrected chi connectivity index (χ0v) is 33.4. The summed E-state index contributed by atoms with van der Waals surface area (Å²) in [6.45, 7) is 20.0. The van der Waals surface area contributed by atoms with Crippen LogP contribution in [0.1, 0.15) is 76.4 Å². The first kappa shape index (κ1) is 39.8. The monoisotopic (exact) mass is 762 g/mol. The van der Waals surface area contributed by atoms with E-state index in [9.17, 15) is 24.8 Å². The number of nitrogens with zero attached hydrogens (tertiary/aromatic N) is 5. The molecular weight excluding hydrogens is 708 g/mol. The van der Waals surface area contributed by atoms with Crippen molar-refractivity contribution in [1.29, 1.82) is 5.26 Å². The molecule has 3 aliphatic heterocycles. The fraction of sp³-hybridized carbons (Fsp3) is 0.610. The Hall–Kier alpha value is -3.89. The molecule has 1 aliphatic carbocycles. The Morgan fingerprint density at radius 2 is 1.76 bits per heavy atom. The van der Waals surface area contributed by atoms with Gasteiger partial charge in [-0.05, 0) is 47.7 Å². The number of fused-ring (bicyclic) bond motifs is 1. The minimum atomic E-state index is -0.696. The number of aliphatic hydroxyl groups is 1. The summed E-state index contributed by atoms with van der Waals surface area (Å²) in [5.41, 5.74) is 2.15. The third-order valence-electron chi connectivity index (χ3n) is 11.7. The fourth-order valence-electron chi connectivity index (χ4n) is 9.31. The molecule has 54 heavy (non-hydrogen) atoms. The number of β-amino-alcohol motifs (C(OH)–C–C–N with tert-alkyl or cyclic N) is 1. The molecule has 0 aromatic heterocycles. The van der Waals surface area contributed by atoms with E-state index in [4.69, 9.17) is 21.1 Å². The van der Waals surface area contributed by atoms with Crippen LogP contribution in [0.5, 0.6) is 5.75 Å². The number of anilines is 1. The van der Waals surface area contributed by atoms with Gasteiger partial charge in [0.15, 0.2) is 0 Å². The fourth-order valence-corrected chi connectivity index (χ4v) is 9.52. The second-order valence-corrected chi connectivity index (χ2v) is 18.0. The van der Waals surface area contributed by atoms with E-state index >= 15 is 0 Å². The zero-order chi connectivity index (χ0) is 39.2. The number of hydrogen-bond acceptors (Lipinski definition) is 9. The maximum atomic E-state index is 13.8. The van der Waals surface area contributed by atoms with Crippen molar-refractivity contribution in [2.75, 3.05) is 63.9 Å². The van der Waals surface area contributed by atoms with Crippen molar-refractivity contribution < 1.29 is 29.0 Å². The maximum Gasteiger partial charge on any atom is 0.254 e. The molecule has 3 amide bonds. The van der Waals surface area contributed by atoms with Crippen LogP contribution in [0.2, 0.25) is 5.02 Å². The first-order valence-electron chi connectivity index (χ1n) is 19.0. The molecule has 3 heterocycles. The van der Waals surface area contributed by atoms with Gasteiger partial charge in [0.05, 0.1) is 23.3 Å². The van der Waals surface area contributed by atoms with Gasteiger partial charge in [-0.1, -0.05) is 60.1 Å². The predicted molar refractivity (Wildman–Crippen MR) is 206 cm³/mol. The van der Waals surface area contributed by atoms with Crippen LogP contribution in [0.4, 0.5) is 5.69 Å². The number of halogens is 1. The van der Waals surface area contributed by atoms with Gasteiger partial charge in [0.2, 0.25) is 11.8 Å². The highest BCUT2D eigenvalue weighted by Gasteiger charge is 2.67. The molecule has 2 aromatic rings. The number of rotatable bonds is 11. The normalized spacial score (nSPS) is 24.1. The van der Waals surface area contributed by atoms with Gasteiger partial charge in [-0.25, -0.2) is 0 Å². The van der Waals surface area contributed by atoms with Gasteiger partial charge in [-0.2, -0.15) is 5.26 Å². The summed E-state index contributed by atoms with van der Waals surface area (Å²) in [5.74, 6) is 0.163. The van der Waals surface area contributed by atoms with Gasteiger partial charge in [0.25, 0.3) is 5.91 Å². The van der Waals surface area contributed by atoms with Gasteiger partial charge in [0, 0.05) is 86.5 Å². The van der Waals surface area contributed by atoms with Crippen molar-refractivity contribution in [3.63, 3.8) is 0 Å². The van der Waals surface area contributed by atoms with E-state index in [1.807, 2.05) is 31.7 Å². The molecule has 2 N–H and O–H groups in total. The molecule has 2 aromatic carbocycles. The standard InChI is InChI=1S/C41H55ClN6O6/c1-39(2,3)34(36(52)47-13-12-29(49)24-47)44-33(50)25-53-19-18-45-14-16-46(17-15-45)28-9-11-31-27(20-28)23-48(35(31)51)37-40(4,5)38(41(37,6)7)54-30-10-8-26(22-43)32(42)21-30/h8-11,20-21,29,34,37-38,49H,12-19,23-25H2,1-7H3,(H,44,50)/t29-,34-,37?,38?/m1/s1. The summed E-state index contributed by atoms with van der Waals surface area (Å²) in [6, 6.07) is 12.7. The van der Waals surface area contributed by atoms with E-state index in [0.29, 0.717) is 55.5 Å². The lowest BCUT2D eigenvalue weighted by atomic mass is 9.49. The molecule has 0 radical (unpaired) electrons. The lowest BCUT2D eigenvalue weighted by Crippen LogP contribution is -2.74. The molecule has 0 bridgehead atoms. The van der Waals surface area contributed by atoms with E-state index in [-0.39, 0.29) is 47.3 Å². The number of carbonyl (C=O) groups is 3. The Morgan fingerprint density at radius 3 is 2.37 bits per heavy atom. The smallest absolute Gasteiger partial charge is 0.254 e. The van der Waals surface area contributed by atoms with Crippen LogP contribution >= 0.6 is 11.6 Å². The second kappa shape index (κ2) is 15.3. The molecule has 2 atom stereocenters. The summed E-state index contributed by atoms with van der Waals surface area (Å²) >= 11 is 6.29. The highest BCUT2D eigenvalue weighted by atomic mass is 35.5. The first-order valence-corrected chi connectivity index (χ1v) is 19.4. The average molecular weight is 763 g/mol. The van der Waals surface area contributed by atoms with Crippen molar-refractivity contribution in [2.45, 2.75) is 85.7 Å². The minimum Gasteiger partial charge on any atom is -0.489 e. The number of hydrogen-bond donors (Lipinski definition) is 2. The summed E-state index contributed by atoms with van der Waals surface area (Å²) in [5, 5.41) is 22.3. The molecule has 0 spiro atoms. The molecule has 4 aliphatic rings. The van der Waals surface area contributed by atoms with Crippen LogP contribution in [0.15, 0.2) is 36.4 Å². The van der Waals surface area contributed by atoms with Gasteiger partial charge in [-0.15, -0.1) is 0 Å². The number of piperazine rings is 1. The number of likely N-dealkylation sites (tertiary alicyclic amines) is 1. The topological polar surface area (TPSA) is 139 Å². The molecule has 1 saturated carbocycles. The molecule has 13 heteroatoms. The van der Waals surface area contributed by atoms with Gasteiger partial charge in [0.1, 0.15) is 30.6 Å². The van der Waals surface area contributed by atoms with Crippen LogP contribution in [0.25, 0.3) is 0 Å². The van der Waals surface area contributed by atoms with Crippen LogP contribution in [0.3, 0.4) is 0 Å². The number of amides is 3. The summed E-state index contributed by atoms with van der Waals surface area (Å²) in [6.07, 6.45) is -0.132. The average Bonchev–Trinajstić information content (AvgIpc) is 3.69. The third-order valence-corrected chi connectivity index (χ3v) is 12.0. The number of carbonyl (C=O) groups excluding carboxylic acids is 3. The molecule has 3 fully saturated rings. The molecule has 292 valence electrons. The lowest BCUT2D eigenvalue weighted by molar-refractivity contribution is -0.199. The van der Waals surface area contributed by atoms with E-state index in [0.717, 1.165) is 43.0 Å². The maximum absolute atomic E-state index is 13.8. The van der Waals surface area contributed by atoms with Crippen molar-refractivity contribution >= 4 is 35.0 Å². The lowest BCUT2D eigenvalue weighted by Gasteiger charge is -2.65. The van der Waals surface area contributed by atoms with Crippen molar-refractivity contribution in [3.8, 4) is 11.8 Å². The Kier molecular flexibility index (Phi) is 11.3. The molecule has 6 rings (SSSR count). The van der Waals surface area contributed by atoms with E-state index in [1.54, 1.807) is 23.1 Å². The molecular formula is C41H55ClN6O6. The van der Waals surface area contributed by atoms with Gasteiger partial charge < -0.3 is 34.6 Å². The zero-order valence-electron chi connectivity index (χ0n) is 32.7. The second-order valence-electron chi connectivity index (χ2n) is 17.5. The highest BCUT2D eigenvalue weighted by Crippen LogP contribution is 2.59. The molecule has 2 saturated heterocycles. The molecule has 12 nitrogen and oxygen atoms in total. The minimum absolute atomic E-state index is 0.0450. The van der Waals surface area contributed by atoms with Crippen molar-refractivity contribution in [3.05, 3.63) is 58.1 Å². The van der Waals surface area contributed by atoms with E-state index < -0.39 is 17.6 Å². The van der Waals surface area contributed by atoms with Crippen LogP contribution in [0, 0.1) is 27.6 Å². The van der Waals surface area contributed by atoms with Gasteiger partial charge >= 0.3 is 0 Å². The SMILES string of the molecule is CC1(C)C(Oc2ccc(C#N)c(Cl)c2)C(C)(C)C1N1Cc2cc(N3CCN(CCOCC(=O)N[C@H](C(=O)N4CC[C@@H](O)C4)C(C)(C)C)CC3)ccc2C1=O. The number of nitrogens with one attached hydrogen (secondary N) is 1. The number of ether oxygens (including phenoxy) is 2. The summed E-state index contributed by atoms with van der Waals surface area (Å²) in [7, 11) is 0. The quantitative estimate of drug-likeness (QED) is 0.321. The summed E-state index contributed by atoms with van der Waals surface area (Å²) in [4.78, 5) is 48.0. The number of nitriles is 1. The summed E-state index contributed by atoms with van der Waals surface area (Å²) < 4.78 is 12.2. The van der Waals surface area contributed by atoms with Crippen molar-refractivity contribution in [2.24, 2.45) is 16.2 Å². The Balaban J connectivity index is 0.969. The number of benzene rings is 2. The largest absolute Gasteiger partial charge is 0.489 e. The third kappa shape index (κ3) is 7.92. The highest BCUT2D eigenvalue weighted by molar-refractivity contribution is 6.31. The first-order chi connectivity index (χ1) is 25.4. The van der Waals surface area contributed by atoms with Crippen molar-refractivity contribution in [1.82, 2.24) is 20.0 Å². The van der Waals surface area contributed by atoms with Crippen LogP contribution in [-0.2, 0) is 20.9 Å². The van der Waals surface area contributed by atoms with Crippen LogP contribution < -0.4 is 15.0 Å². The Morgan fingerprint density at radius 1 is 1.06 bits per heavy atom. The number of aliphatic hydroxyl groups excluding tert-OH is 1. The van der Waals surface area contributed by atoms with Crippen LogP contribution in [-0.4, -0.2) is 121 Å². The molecule has 0 unspecified atom stereocenters. The Bertz CT molecular complexity index is 1780. The van der Waals surface area contributed by atoms with E-state index in [1.165, 1.54) is 0 Å². The Labute approximate surface area is 324 Å².